The highest BCUT2D eigenvalue weighted by atomic mass is 16.2. The number of nitrogens with one attached hydrogen (secondary N) is 1. The Kier molecular flexibility index (Phi) is 5.11. The zero-order chi connectivity index (χ0) is 18.9. The number of hydrogen-bond acceptors (Lipinski definition) is 4. The highest BCUT2D eigenvalue weighted by molar-refractivity contribution is 6.24. The molecule has 0 radical (unpaired) electrons. The van der Waals surface area contributed by atoms with E-state index in [4.69, 9.17) is 0 Å². The molecule has 1 saturated heterocycles. The van der Waals surface area contributed by atoms with Crippen molar-refractivity contribution in [1.82, 2.24) is 10.2 Å². The van der Waals surface area contributed by atoms with Gasteiger partial charge in [0.05, 0.1) is 11.1 Å². The number of nitrogens with zero attached hydrogens (tertiary/aromatic N) is 1. The molecule has 0 bridgehead atoms. The fourth-order valence-electron chi connectivity index (χ4n) is 2.68. The number of aryl methyl sites for hydroxylation is 1. The van der Waals surface area contributed by atoms with Crippen molar-refractivity contribution >= 4 is 23.6 Å². The van der Waals surface area contributed by atoms with Gasteiger partial charge in [0.15, 0.2) is 0 Å². The fourth-order valence-corrected chi connectivity index (χ4v) is 2.68. The molecule has 6 heteroatoms. The predicted molar refractivity (Wildman–Crippen MR) is 93.0 cm³/mol. The van der Waals surface area contributed by atoms with Gasteiger partial charge in [-0.1, -0.05) is 39.8 Å². The Hall–Kier alpha value is -2.50. The van der Waals surface area contributed by atoms with Crippen LogP contribution in [0, 0.1) is 12.3 Å². The minimum absolute atomic E-state index is 0.128. The first-order valence-corrected chi connectivity index (χ1v) is 8.32. The molecule has 1 aromatic carbocycles. The van der Waals surface area contributed by atoms with E-state index in [0.717, 1.165) is 4.90 Å². The standard InChI is InChI=1S/C14H12N2O4.C5H12/c1-7-3-2-4-8-11(7)14(20)16(13(8)19)9-5-6-10(17)15-12(9)18;1-5(2,3)4/h2-4,9H,5-6H2,1H3,(H,15,17,18);1-4H3. The lowest BCUT2D eigenvalue weighted by molar-refractivity contribution is -0.136. The second kappa shape index (κ2) is 6.78. The summed E-state index contributed by atoms with van der Waals surface area (Å²) in [6.45, 7) is 10.5. The number of benzene rings is 1. The Morgan fingerprint density at radius 2 is 1.64 bits per heavy atom. The van der Waals surface area contributed by atoms with Gasteiger partial charge in [0.1, 0.15) is 6.04 Å². The summed E-state index contributed by atoms with van der Waals surface area (Å²) in [6, 6.07) is 4.12. The summed E-state index contributed by atoms with van der Waals surface area (Å²) in [5, 5.41) is 2.16. The molecule has 0 spiro atoms. The Balaban J connectivity index is 0.000000399. The van der Waals surface area contributed by atoms with Crippen LogP contribution in [0.5, 0.6) is 0 Å². The van der Waals surface area contributed by atoms with E-state index < -0.39 is 23.8 Å². The molecule has 2 aliphatic heterocycles. The van der Waals surface area contributed by atoms with E-state index in [-0.39, 0.29) is 18.7 Å². The molecular weight excluding hydrogens is 320 g/mol. The molecule has 1 unspecified atom stereocenters. The number of carbonyl (C=O) groups excluding carboxylic acids is 4. The van der Waals surface area contributed by atoms with E-state index in [1.807, 2.05) is 0 Å². The molecule has 134 valence electrons. The number of piperidine rings is 1. The summed E-state index contributed by atoms with van der Waals surface area (Å²) < 4.78 is 0. The Labute approximate surface area is 147 Å². The molecule has 0 aliphatic carbocycles. The van der Waals surface area contributed by atoms with Gasteiger partial charge in [-0.25, -0.2) is 0 Å². The first kappa shape index (κ1) is 18.8. The molecule has 0 saturated carbocycles. The second-order valence-electron chi connectivity index (χ2n) is 7.94. The topological polar surface area (TPSA) is 83.6 Å². The minimum atomic E-state index is -0.903. The fraction of sp³-hybridized carbons (Fsp3) is 0.474. The molecule has 4 amide bonds. The lowest BCUT2D eigenvalue weighted by atomic mass is 10.0. The molecular formula is C19H24N2O4. The molecule has 3 rings (SSSR count). The maximum atomic E-state index is 12.4. The van der Waals surface area contributed by atoms with Crippen molar-refractivity contribution in [2.75, 3.05) is 0 Å². The first-order chi connectivity index (χ1) is 11.5. The Morgan fingerprint density at radius 1 is 1.04 bits per heavy atom. The van der Waals surface area contributed by atoms with Crippen LogP contribution in [0.3, 0.4) is 0 Å². The molecule has 1 atom stereocenters. The average Bonchev–Trinajstić information content (AvgIpc) is 2.71. The second-order valence-corrected chi connectivity index (χ2v) is 7.94. The van der Waals surface area contributed by atoms with Crippen molar-refractivity contribution in [2.45, 2.75) is 53.5 Å². The smallest absolute Gasteiger partial charge is 0.262 e. The third-order valence-electron chi connectivity index (χ3n) is 3.68. The van der Waals surface area contributed by atoms with E-state index in [0.29, 0.717) is 22.1 Å². The van der Waals surface area contributed by atoms with E-state index in [1.54, 1.807) is 25.1 Å². The van der Waals surface area contributed by atoms with Crippen LogP contribution in [-0.4, -0.2) is 34.6 Å². The van der Waals surface area contributed by atoms with Gasteiger partial charge in [-0.3, -0.25) is 29.4 Å². The van der Waals surface area contributed by atoms with Gasteiger partial charge in [-0.05, 0) is 30.4 Å². The monoisotopic (exact) mass is 344 g/mol. The summed E-state index contributed by atoms with van der Waals surface area (Å²) in [5.74, 6) is -1.90. The molecule has 1 aromatic rings. The zero-order valence-electron chi connectivity index (χ0n) is 15.3. The zero-order valence-corrected chi connectivity index (χ0v) is 15.3. The summed E-state index contributed by atoms with van der Waals surface area (Å²) in [5.41, 5.74) is 1.87. The lowest BCUT2D eigenvalue weighted by Crippen LogP contribution is -2.54. The van der Waals surface area contributed by atoms with Crippen LogP contribution >= 0.6 is 0 Å². The molecule has 2 heterocycles. The van der Waals surface area contributed by atoms with E-state index in [2.05, 4.69) is 33.0 Å². The quantitative estimate of drug-likeness (QED) is 0.793. The van der Waals surface area contributed by atoms with Gasteiger partial charge < -0.3 is 0 Å². The van der Waals surface area contributed by atoms with Crippen molar-refractivity contribution in [2.24, 2.45) is 5.41 Å². The third kappa shape index (κ3) is 4.13. The van der Waals surface area contributed by atoms with E-state index >= 15 is 0 Å². The summed E-state index contributed by atoms with van der Waals surface area (Å²) in [7, 11) is 0. The molecule has 25 heavy (non-hydrogen) atoms. The van der Waals surface area contributed by atoms with Gasteiger partial charge in [-0.15, -0.1) is 0 Å². The Morgan fingerprint density at radius 3 is 2.16 bits per heavy atom. The normalized spacial score (nSPS) is 20.0. The van der Waals surface area contributed by atoms with Crippen molar-refractivity contribution in [1.29, 1.82) is 0 Å². The van der Waals surface area contributed by atoms with Crippen molar-refractivity contribution in [3.63, 3.8) is 0 Å². The van der Waals surface area contributed by atoms with Crippen LogP contribution in [0.25, 0.3) is 0 Å². The summed E-state index contributed by atoms with van der Waals surface area (Å²) in [6.07, 6.45) is 0.304. The van der Waals surface area contributed by atoms with E-state index in [1.165, 1.54) is 0 Å². The maximum absolute atomic E-state index is 12.4. The van der Waals surface area contributed by atoms with Crippen LogP contribution in [-0.2, 0) is 9.59 Å². The number of imide groups is 2. The van der Waals surface area contributed by atoms with Crippen molar-refractivity contribution < 1.29 is 19.2 Å². The largest absolute Gasteiger partial charge is 0.295 e. The summed E-state index contributed by atoms with van der Waals surface area (Å²) >= 11 is 0. The number of carbonyl (C=O) groups is 4. The minimum Gasteiger partial charge on any atom is -0.295 e. The average molecular weight is 344 g/mol. The summed E-state index contributed by atoms with van der Waals surface area (Å²) in [4.78, 5) is 48.7. The predicted octanol–water partition coefficient (Wildman–Crippen LogP) is 2.45. The number of hydrogen-bond donors (Lipinski definition) is 1. The molecule has 0 aromatic heterocycles. The van der Waals surface area contributed by atoms with Gasteiger partial charge in [0.2, 0.25) is 11.8 Å². The van der Waals surface area contributed by atoms with Gasteiger partial charge >= 0.3 is 0 Å². The number of amides is 4. The van der Waals surface area contributed by atoms with Gasteiger partial charge in [0.25, 0.3) is 11.8 Å². The molecule has 1 fully saturated rings. The SMILES string of the molecule is CC(C)(C)C.Cc1cccc2c1C(=O)N(C1CCC(=O)NC1=O)C2=O. The van der Waals surface area contributed by atoms with Crippen molar-refractivity contribution in [3.8, 4) is 0 Å². The van der Waals surface area contributed by atoms with Crippen LogP contribution in [0.4, 0.5) is 0 Å². The molecule has 2 aliphatic rings. The van der Waals surface area contributed by atoms with Crippen molar-refractivity contribution in [3.05, 3.63) is 34.9 Å². The first-order valence-electron chi connectivity index (χ1n) is 8.32. The van der Waals surface area contributed by atoms with Crippen LogP contribution in [0.2, 0.25) is 0 Å². The van der Waals surface area contributed by atoms with E-state index in [9.17, 15) is 19.2 Å². The third-order valence-corrected chi connectivity index (χ3v) is 3.68. The highest BCUT2D eigenvalue weighted by Crippen LogP contribution is 2.29. The number of rotatable bonds is 1. The van der Waals surface area contributed by atoms with Crippen LogP contribution < -0.4 is 5.32 Å². The highest BCUT2D eigenvalue weighted by Gasteiger charge is 2.44. The number of fused-ring (bicyclic) bond motifs is 1. The maximum Gasteiger partial charge on any atom is 0.262 e. The van der Waals surface area contributed by atoms with Gasteiger partial charge in [0, 0.05) is 6.42 Å². The lowest BCUT2D eigenvalue weighted by Gasteiger charge is -2.27. The van der Waals surface area contributed by atoms with Gasteiger partial charge in [-0.2, -0.15) is 0 Å². The molecule has 1 N–H and O–H groups in total. The van der Waals surface area contributed by atoms with Crippen LogP contribution in [0.15, 0.2) is 18.2 Å². The molecule has 6 nitrogen and oxygen atoms in total. The van der Waals surface area contributed by atoms with Crippen LogP contribution in [0.1, 0.15) is 66.8 Å². The Bertz CT molecular complexity index is 740.